The molecule has 4 rings (SSSR count). The molecule has 1 N–H and O–H groups in total. The van der Waals surface area contributed by atoms with Gasteiger partial charge in [-0.15, -0.1) is 10.2 Å². The van der Waals surface area contributed by atoms with Crippen LogP contribution in [-0.4, -0.2) is 45.3 Å². The van der Waals surface area contributed by atoms with Crippen LogP contribution in [-0.2, 0) is 19.4 Å². The van der Waals surface area contributed by atoms with Gasteiger partial charge in [-0.1, -0.05) is 30.3 Å². The van der Waals surface area contributed by atoms with Crippen molar-refractivity contribution >= 4 is 6.03 Å². The third kappa shape index (κ3) is 3.99. The Hall–Kier alpha value is -2.37. The molecule has 0 unspecified atom stereocenters. The second-order valence-corrected chi connectivity index (χ2v) is 8.02. The van der Waals surface area contributed by atoms with Gasteiger partial charge in [0.05, 0.1) is 0 Å². The van der Waals surface area contributed by atoms with E-state index in [2.05, 4.69) is 32.2 Å². The van der Waals surface area contributed by atoms with Crippen LogP contribution in [0.1, 0.15) is 42.9 Å². The summed E-state index contributed by atoms with van der Waals surface area (Å²) in [7, 11) is 0. The largest absolute Gasteiger partial charge is 0.338 e. The number of amides is 2. The minimum absolute atomic E-state index is 0.0855. The number of rotatable bonds is 3. The number of urea groups is 1. The van der Waals surface area contributed by atoms with E-state index in [0.29, 0.717) is 12.0 Å². The first-order chi connectivity index (χ1) is 13.2. The Kier molecular flexibility index (Phi) is 5.14. The number of piperidine rings is 1. The van der Waals surface area contributed by atoms with Crippen molar-refractivity contribution < 1.29 is 4.79 Å². The zero-order valence-corrected chi connectivity index (χ0v) is 16.2. The van der Waals surface area contributed by atoms with Crippen molar-refractivity contribution in [2.24, 2.45) is 5.41 Å². The molecule has 0 aliphatic carbocycles. The number of aryl methyl sites for hydroxylation is 2. The molecule has 0 radical (unpaired) electrons. The van der Waals surface area contributed by atoms with Crippen LogP contribution in [0.2, 0.25) is 0 Å². The Morgan fingerprint density at radius 3 is 2.59 bits per heavy atom. The Bertz CT molecular complexity index is 777. The van der Waals surface area contributed by atoms with E-state index in [0.717, 1.165) is 63.4 Å². The topological polar surface area (TPSA) is 63.1 Å². The van der Waals surface area contributed by atoms with Crippen molar-refractivity contribution in [2.75, 3.05) is 19.6 Å². The van der Waals surface area contributed by atoms with Crippen LogP contribution >= 0.6 is 0 Å². The summed E-state index contributed by atoms with van der Waals surface area (Å²) in [5.74, 6) is 2.16. The third-order valence-corrected chi connectivity index (χ3v) is 6.40. The maximum atomic E-state index is 12.5. The van der Waals surface area contributed by atoms with Crippen molar-refractivity contribution in [3.8, 4) is 0 Å². The van der Waals surface area contributed by atoms with E-state index in [4.69, 9.17) is 0 Å². The molecule has 6 nitrogen and oxygen atoms in total. The van der Waals surface area contributed by atoms with Gasteiger partial charge < -0.3 is 14.8 Å². The highest BCUT2D eigenvalue weighted by atomic mass is 16.2. The van der Waals surface area contributed by atoms with E-state index in [1.807, 2.05) is 30.0 Å². The summed E-state index contributed by atoms with van der Waals surface area (Å²) < 4.78 is 2.28. The number of hydrogen-bond donors (Lipinski definition) is 1. The van der Waals surface area contributed by atoms with Crippen molar-refractivity contribution in [1.29, 1.82) is 0 Å². The third-order valence-electron chi connectivity index (χ3n) is 6.40. The Labute approximate surface area is 161 Å². The minimum Gasteiger partial charge on any atom is -0.338 e. The average molecular weight is 367 g/mol. The Morgan fingerprint density at radius 2 is 1.81 bits per heavy atom. The van der Waals surface area contributed by atoms with Gasteiger partial charge in [-0.3, -0.25) is 0 Å². The van der Waals surface area contributed by atoms with Gasteiger partial charge in [-0.25, -0.2) is 4.79 Å². The van der Waals surface area contributed by atoms with E-state index in [1.54, 1.807) is 0 Å². The number of fused-ring (bicyclic) bond motifs is 1. The van der Waals surface area contributed by atoms with Gasteiger partial charge in [0.15, 0.2) is 0 Å². The van der Waals surface area contributed by atoms with E-state index in [1.165, 1.54) is 12.0 Å². The van der Waals surface area contributed by atoms with Crippen LogP contribution in [0.15, 0.2) is 30.3 Å². The van der Waals surface area contributed by atoms with Crippen LogP contribution in [0.4, 0.5) is 4.79 Å². The summed E-state index contributed by atoms with van der Waals surface area (Å²) >= 11 is 0. The van der Waals surface area contributed by atoms with Crippen molar-refractivity contribution in [2.45, 2.75) is 52.0 Å². The monoisotopic (exact) mass is 367 g/mol. The van der Waals surface area contributed by atoms with Crippen LogP contribution in [0.25, 0.3) is 0 Å². The maximum absolute atomic E-state index is 12.5. The molecule has 2 amide bonds. The number of carbonyl (C=O) groups is 1. The van der Waals surface area contributed by atoms with Gasteiger partial charge >= 0.3 is 6.03 Å². The minimum atomic E-state index is 0.0855. The van der Waals surface area contributed by atoms with Crippen LogP contribution < -0.4 is 5.32 Å². The first-order valence-electron chi connectivity index (χ1n) is 10.1. The van der Waals surface area contributed by atoms with Gasteiger partial charge in [0, 0.05) is 32.6 Å². The fourth-order valence-corrected chi connectivity index (χ4v) is 4.51. The Morgan fingerprint density at radius 1 is 1.07 bits per heavy atom. The highest BCUT2D eigenvalue weighted by molar-refractivity contribution is 5.74. The molecule has 2 aromatic rings. The second kappa shape index (κ2) is 7.71. The van der Waals surface area contributed by atoms with Gasteiger partial charge in [-0.2, -0.15) is 0 Å². The number of benzene rings is 1. The second-order valence-electron chi connectivity index (χ2n) is 8.02. The average Bonchev–Trinajstić information content (AvgIpc) is 2.95. The van der Waals surface area contributed by atoms with E-state index in [-0.39, 0.29) is 6.03 Å². The molecule has 1 aromatic carbocycles. The van der Waals surface area contributed by atoms with Crippen molar-refractivity contribution in [3.05, 3.63) is 47.5 Å². The maximum Gasteiger partial charge on any atom is 0.317 e. The summed E-state index contributed by atoms with van der Waals surface area (Å²) in [6, 6.07) is 10.4. The number of hydrogen-bond acceptors (Lipinski definition) is 3. The van der Waals surface area contributed by atoms with E-state index >= 15 is 0 Å². The molecule has 1 fully saturated rings. The summed E-state index contributed by atoms with van der Waals surface area (Å²) in [5, 5.41) is 11.6. The zero-order chi connectivity index (χ0) is 18.7. The summed E-state index contributed by atoms with van der Waals surface area (Å²) in [5.41, 5.74) is 1.62. The lowest BCUT2D eigenvalue weighted by molar-refractivity contribution is 0.101. The molecule has 0 atom stereocenters. The molecule has 2 aliphatic rings. The standard InChI is InChI=1S/C21H29N5O/c1-17-23-24-19-7-9-21(12-16-26(17)19)10-14-25(15-11-21)20(27)22-13-8-18-5-3-2-4-6-18/h2-6H,7-16H2,1H3,(H,22,27). The first kappa shape index (κ1) is 18.0. The summed E-state index contributed by atoms with van der Waals surface area (Å²) in [6.07, 6.45) is 6.40. The fraction of sp³-hybridized carbons (Fsp3) is 0.571. The van der Waals surface area contributed by atoms with Gasteiger partial charge in [0.25, 0.3) is 0 Å². The van der Waals surface area contributed by atoms with Crippen LogP contribution in [0.3, 0.4) is 0 Å². The van der Waals surface area contributed by atoms with Crippen LogP contribution in [0.5, 0.6) is 0 Å². The van der Waals surface area contributed by atoms with Gasteiger partial charge in [-0.05, 0) is 50.0 Å². The van der Waals surface area contributed by atoms with E-state index < -0.39 is 0 Å². The van der Waals surface area contributed by atoms with E-state index in [9.17, 15) is 4.79 Å². The molecule has 144 valence electrons. The highest BCUT2D eigenvalue weighted by Gasteiger charge is 2.37. The Balaban J connectivity index is 1.25. The molecule has 2 aliphatic heterocycles. The smallest absolute Gasteiger partial charge is 0.317 e. The molecule has 1 saturated heterocycles. The van der Waals surface area contributed by atoms with Gasteiger partial charge in [0.2, 0.25) is 0 Å². The normalized spacial score (nSPS) is 18.8. The molecule has 0 bridgehead atoms. The molecule has 3 heterocycles. The molecular formula is C21H29N5O. The number of aromatic nitrogens is 3. The first-order valence-corrected chi connectivity index (χ1v) is 10.1. The lowest BCUT2D eigenvalue weighted by Crippen LogP contribution is -2.47. The molecule has 27 heavy (non-hydrogen) atoms. The predicted octanol–water partition coefficient (Wildman–Crippen LogP) is 2.96. The number of likely N-dealkylation sites (tertiary alicyclic amines) is 1. The summed E-state index contributed by atoms with van der Waals surface area (Å²) in [6.45, 7) is 5.46. The quantitative estimate of drug-likeness (QED) is 0.907. The van der Waals surface area contributed by atoms with Crippen molar-refractivity contribution in [1.82, 2.24) is 25.0 Å². The highest BCUT2D eigenvalue weighted by Crippen LogP contribution is 2.41. The molecule has 6 heteroatoms. The SMILES string of the molecule is Cc1nnc2n1CCC1(CC2)CCN(C(=O)NCCc2ccccc2)CC1. The predicted molar refractivity (Wildman–Crippen MR) is 104 cm³/mol. The lowest BCUT2D eigenvalue weighted by atomic mass is 9.73. The van der Waals surface area contributed by atoms with Crippen LogP contribution in [0, 0.1) is 12.3 Å². The zero-order valence-electron chi connectivity index (χ0n) is 16.2. The molecule has 1 spiro atoms. The number of carbonyl (C=O) groups excluding carboxylic acids is 1. The molecule has 0 saturated carbocycles. The number of nitrogens with zero attached hydrogens (tertiary/aromatic N) is 4. The lowest BCUT2D eigenvalue weighted by Gasteiger charge is -2.41. The summed E-state index contributed by atoms with van der Waals surface area (Å²) in [4.78, 5) is 14.5. The fourth-order valence-electron chi connectivity index (χ4n) is 4.51. The number of nitrogens with one attached hydrogen (secondary N) is 1. The molecule has 1 aromatic heterocycles. The molecular weight excluding hydrogens is 338 g/mol. The van der Waals surface area contributed by atoms with Crippen molar-refractivity contribution in [3.63, 3.8) is 0 Å². The van der Waals surface area contributed by atoms with Gasteiger partial charge in [0.1, 0.15) is 11.6 Å².